The average Bonchev–Trinajstić information content (AvgIpc) is 3.15. The van der Waals surface area contributed by atoms with Crippen LogP contribution in [0.4, 0.5) is 4.39 Å². The van der Waals surface area contributed by atoms with Crippen molar-refractivity contribution >= 4 is 11.8 Å². The zero-order valence-corrected chi connectivity index (χ0v) is 15.2. The molecular formula is C19H19FN4OS. The lowest BCUT2D eigenvalue weighted by molar-refractivity contribution is -0.0393. The lowest BCUT2D eigenvalue weighted by Crippen LogP contribution is -2.18. The molecule has 1 aliphatic heterocycles. The Labute approximate surface area is 155 Å². The Bertz CT molecular complexity index is 891. The van der Waals surface area contributed by atoms with Crippen LogP contribution >= 0.6 is 11.8 Å². The summed E-state index contributed by atoms with van der Waals surface area (Å²) in [6, 6.07) is 8.24. The van der Waals surface area contributed by atoms with E-state index in [0.29, 0.717) is 5.16 Å². The minimum Gasteiger partial charge on any atom is -0.357 e. The predicted octanol–water partition coefficient (Wildman–Crippen LogP) is 4.57. The van der Waals surface area contributed by atoms with Gasteiger partial charge in [-0.3, -0.25) is 0 Å². The van der Waals surface area contributed by atoms with Crippen molar-refractivity contribution in [3.05, 3.63) is 48.5 Å². The molecule has 0 radical (unpaired) electrons. The molecule has 3 heterocycles. The molecule has 3 aromatic rings. The minimum atomic E-state index is -0.267. The number of aromatic nitrogens is 4. The lowest BCUT2D eigenvalue weighted by atomic mass is 10.1. The van der Waals surface area contributed by atoms with E-state index in [-0.39, 0.29) is 12.0 Å². The highest BCUT2D eigenvalue weighted by atomic mass is 32.2. The zero-order valence-electron chi connectivity index (χ0n) is 14.4. The fourth-order valence-corrected chi connectivity index (χ4v) is 3.43. The summed E-state index contributed by atoms with van der Waals surface area (Å²) in [5.74, 6) is -0.267. The third kappa shape index (κ3) is 3.50. The fraction of sp³-hybridized carbons (Fsp3) is 0.316. The van der Waals surface area contributed by atoms with Crippen LogP contribution in [0.15, 0.2) is 47.9 Å². The molecule has 2 aromatic heterocycles. The molecule has 7 heteroatoms. The Morgan fingerprint density at radius 2 is 2.04 bits per heavy atom. The molecule has 0 N–H and O–H groups in total. The highest BCUT2D eigenvalue weighted by Crippen LogP contribution is 2.33. The van der Waals surface area contributed by atoms with E-state index in [4.69, 9.17) is 9.84 Å². The van der Waals surface area contributed by atoms with Crippen molar-refractivity contribution in [2.45, 2.75) is 30.6 Å². The number of halogens is 1. The van der Waals surface area contributed by atoms with Crippen molar-refractivity contribution in [3.63, 3.8) is 0 Å². The van der Waals surface area contributed by atoms with Crippen molar-refractivity contribution in [1.82, 2.24) is 19.7 Å². The van der Waals surface area contributed by atoms with Crippen LogP contribution in [0.5, 0.6) is 0 Å². The summed E-state index contributed by atoms with van der Waals surface area (Å²) >= 11 is 1.49. The van der Waals surface area contributed by atoms with E-state index < -0.39 is 0 Å². The molecule has 1 aliphatic rings. The van der Waals surface area contributed by atoms with E-state index in [2.05, 4.69) is 9.97 Å². The topological polar surface area (TPSA) is 52.8 Å². The summed E-state index contributed by atoms with van der Waals surface area (Å²) < 4.78 is 21.1. The first-order valence-electron chi connectivity index (χ1n) is 8.59. The van der Waals surface area contributed by atoms with Gasteiger partial charge in [0.2, 0.25) is 0 Å². The molecule has 1 aromatic carbocycles. The van der Waals surface area contributed by atoms with Crippen molar-refractivity contribution in [3.8, 4) is 22.5 Å². The Balaban J connectivity index is 1.81. The van der Waals surface area contributed by atoms with Gasteiger partial charge in [-0.15, -0.1) is 0 Å². The maximum absolute atomic E-state index is 13.4. The van der Waals surface area contributed by atoms with Gasteiger partial charge >= 0.3 is 0 Å². The number of hydrogen-bond donors (Lipinski definition) is 0. The van der Waals surface area contributed by atoms with Crippen molar-refractivity contribution < 1.29 is 9.13 Å². The Morgan fingerprint density at radius 3 is 2.77 bits per heavy atom. The van der Waals surface area contributed by atoms with Crippen LogP contribution in [0, 0.1) is 5.82 Å². The summed E-state index contributed by atoms with van der Waals surface area (Å²) in [5, 5.41) is 5.47. The Morgan fingerprint density at radius 1 is 1.19 bits per heavy atom. The fourth-order valence-electron chi connectivity index (χ4n) is 3.07. The van der Waals surface area contributed by atoms with Gasteiger partial charge < -0.3 is 4.74 Å². The summed E-state index contributed by atoms with van der Waals surface area (Å²) in [5.41, 5.74) is 3.31. The van der Waals surface area contributed by atoms with E-state index in [1.165, 1.54) is 23.9 Å². The van der Waals surface area contributed by atoms with Crippen molar-refractivity contribution in [2.24, 2.45) is 0 Å². The monoisotopic (exact) mass is 370 g/mol. The Kier molecular flexibility index (Phi) is 4.99. The number of hydrogen-bond acceptors (Lipinski definition) is 5. The second-order valence-corrected chi connectivity index (χ2v) is 6.90. The molecule has 134 valence electrons. The molecule has 1 fully saturated rings. The summed E-state index contributed by atoms with van der Waals surface area (Å²) in [4.78, 5) is 8.85. The van der Waals surface area contributed by atoms with Gasteiger partial charge in [0.05, 0.1) is 5.69 Å². The zero-order chi connectivity index (χ0) is 17.9. The van der Waals surface area contributed by atoms with Crippen LogP contribution in [0.2, 0.25) is 0 Å². The van der Waals surface area contributed by atoms with Gasteiger partial charge in [0.1, 0.15) is 17.7 Å². The third-order valence-corrected chi connectivity index (χ3v) is 4.95. The molecule has 0 saturated carbocycles. The smallest absolute Gasteiger partial charge is 0.187 e. The number of benzene rings is 1. The van der Waals surface area contributed by atoms with Crippen LogP contribution in [0.3, 0.4) is 0 Å². The molecule has 1 saturated heterocycles. The molecule has 5 nitrogen and oxygen atoms in total. The van der Waals surface area contributed by atoms with E-state index in [0.717, 1.165) is 48.4 Å². The second-order valence-electron chi connectivity index (χ2n) is 6.13. The number of rotatable bonds is 4. The molecule has 26 heavy (non-hydrogen) atoms. The molecule has 0 bridgehead atoms. The van der Waals surface area contributed by atoms with Crippen LogP contribution in [0.25, 0.3) is 22.5 Å². The highest BCUT2D eigenvalue weighted by Gasteiger charge is 2.21. The SMILES string of the molecule is CSc1nccc(-c2cn(C3CCCCO3)nc2-c2ccc(F)cc2)n1. The summed E-state index contributed by atoms with van der Waals surface area (Å²) in [6.07, 6.45) is 8.73. The van der Waals surface area contributed by atoms with E-state index in [1.807, 2.05) is 23.2 Å². The van der Waals surface area contributed by atoms with E-state index >= 15 is 0 Å². The van der Waals surface area contributed by atoms with E-state index in [9.17, 15) is 4.39 Å². The van der Waals surface area contributed by atoms with Crippen LogP contribution in [-0.2, 0) is 4.74 Å². The summed E-state index contributed by atoms with van der Waals surface area (Å²) in [7, 11) is 0. The van der Waals surface area contributed by atoms with E-state index in [1.54, 1.807) is 18.3 Å². The van der Waals surface area contributed by atoms with Crippen LogP contribution in [0.1, 0.15) is 25.5 Å². The normalized spacial score (nSPS) is 17.4. The molecule has 1 unspecified atom stereocenters. The van der Waals surface area contributed by atoms with Crippen LogP contribution < -0.4 is 0 Å². The molecule has 0 spiro atoms. The lowest BCUT2D eigenvalue weighted by Gasteiger charge is -2.22. The highest BCUT2D eigenvalue weighted by molar-refractivity contribution is 7.98. The average molecular weight is 370 g/mol. The number of thioether (sulfide) groups is 1. The molecule has 0 amide bonds. The minimum absolute atomic E-state index is 0.0708. The van der Waals surface area contributed by atoms with Gasteiger partial charge in [-0.25, -0.2) is 19.0 Å². The van der Waals surface area contributed by atoms with Gasteiger partial charge in [-0.05, 0) is 55.9 Å². The first-order valence-corrected chi connectivity index (χ1v) is 9.81. The predicted molar refractivity (Wildman–Crippen MR) is 99.3 cm³/mol. The van der Waals surface area contributed by atoms with Gasteiger partial charge in [-0.1, -0.05) is 11.8 Å². The van der Waals surface area contributed by atoms with Crippen molar-refractivity contribution in [2.75, 3.05) is 12.9 Å². The largest absolute Gasteiger partial charge is 0.357 e. The summed E-state index contributed by atoms with van der Waals surface area (Å²) in [6.45, 7) is 0.746. The quantitative estimate of drug-likeness (QED) is 0.497. The Hall–Kier alpha value is -2.25. The van der Waals surface area contributed by atoms with Gasteiger partial charge in [0.15, 0.2) is 5.16 Å². The van der Waals surface area contributed by atoms with Gasteiger partial charge in [0.25, 0.3) is 0 Å². The first kappa shape index (κ1) is 17.2. The molecular weight excluding hydrogens is 351 g/mol. The molecule has 0 aliphatic carbocycles. The number of ether oxygens (including phenoxy) is 1. The van der Waals surface area contributed by atoms with Crippen molar-refractivity contribution in [1.29, 1.82) is 0 Å². The first-order chi connectivity index (χ1) is 12.7. The maximum atomic E-state index is 13.4. The van der Waals surface area contributed by atoms with Crippen LogP contribution in [-0.4, -0.2) is 32.6 Å². The third-order valence-electron chi connectivity index (χ3n) is 4.39. The maximum Gasteiger partial charge on any atom is 0.187 e. The number of nitrogens with zero attached hydrogens (tertiary/aromatic N) is 4. The molecule has 1 atom stereocenters. The van der Waals surface area contributed by atoms with Gasteiger partial charge in [0, 0.05) is 30.1 Å². The van der Waals surface area contributed by atoms with Gasteiger partial charge in [-0.2, -0.15) is 5.10 Å². The molecule has 4 rings (SSSR count). The second kappa shape index (κ2) is 7.55. The standard InChI is InChI=1S/C19H19FN4OS/c1-26-19-21-10-9-16(22-19)15-12-24(17-4-2-3-11-25-17)23-18(15)13-5-7-14(20)8-6-13/h5-10,12,17H,2-4,11H2,1H3.